The zero-order valence-electron chi connectivity index (χ0n) is 17.3. The Morgan fingerprint density at radius 3 is 2.03 bits per heavy atom. The lowest BCUT2D eigenvalue weighted by atomic mass is 10.2. The van der Waals surface area contributed by atoms with Crippen LogP contribution in [0.25, 0.3) is 0 Å². The molecular formula is C22H26N2O6. The molecule has 0 spiro atoms. The van der Waals surface area contributed by atoms with Crippen LogP contribution in [-0.4, -0.2) is 37.6 Å². The van der Waals surface area contributed by atoms with Gasteiger partial charge in [0.05, 0.1) is 13.7 Å². The van der Waals surface area contributed by atoms with Gasteiger partial charge in [-0.1, -0.05) is 0 Å². The second kappa shape index (κ2) is 11.5. The molecule has 0 saturated heterocycles. The van der Waals surface area contributed by atoms with Crippen LogP contribution in [0.5, 0.6) is 11.5 Å². The summed E-state index contributed by atoms with van der Waals surface area (Å²) in [6.07, 6.45) is -0.335. The van der Waals surface area contributed by atoms with Gasteiger partial charge in [0.25, 0.3) is 5.91 Å². The number of benzene rings is 2. The first-order chi connectivity index (χ1) is 14.4. The van der Waals surface area contributed by atoms with Crippen LogP contribution in [0.1, 0.15) is 26.7 Å². The number of esters is 1. The minimum absolute atomic E-state index is 0.138. The third-order valence-corrected chi connectivity index (χ3v) is 4.00. The van der Waals surface area contributed by atoms with Crippen molar-refractivity contribution in [2.45, 2.75) is 32.8 Å². The Kier molecular flexibility index (Phi) is 8.68. The van der Waals surface area contributed by atoms with E-state index in [2.05, 4.69) is 10.6 Å². The van der Waals surface area contributed by atoms with E-state index >= 15 is 0 Å². The van der Waals surface area contributed by atoms with Crippen LogP contribution in [0.15, 0.2) is 48.5 Å². The van der Waals surface area contributed by atoms with Gasteiger partial charge in [0, 0.05) is 24.7 Å². The second-order valence-corrected chi connectivity index (χ2v) is 6.51. The number of nitrogens with one attached hydrogen (secondary N) is 2. The van der Waals surface area contributed by atoms with Crippen LogP contribution in [0.4, 0.5) is 11.4 Å². The molecule has 0 heterocycles. The molecule has 2 rings (SSSR count). The van der Waals surface area contributed by atoms with Crippen LogP contribution in [0.2, 0.25) is 0 Å². The molecule has 0 aromatic heterocycles. The summed E-state index contributed by atoms with van der Waals surface area (Å²) >= 11 is 0. The monoisotopic (exact) mass is 414 g/mol. The minimum Gasteiger partial charge on any atom is -0.497 e. The molecule has 2 N–H and O–H groups in total. The largest absolute Gasteiger partial charge is 0.497 e. The summed E-state index contributed by atoms with van der Waals surface area (Å²) in [6.45, 7) is 3.27. The lowest BCUT2D eigenvalue weighted by molar-refractivity contribution is -0.153. The number of anilines is 2. The van der Waals surface area contributed by atoms with E-state index in [4.69, 9.17) is 14.2 Å². The molecule has 0 aliphatic carbocycles. The van der Waals surface area contributed by atoms with Crippen molar-refractivity contribution in [3.05, 3.63) is 48.5 Å². The van der Waals surface area contributed by atoms with Gasteiger partial charge in [0.15, 0.2) is 6.10 Å². The maximum atomic E-state index is 12.2. The first kappa shape index (κ1) is 22.7. The molecule has 0 fully saturated rings. The van der Waals surface area contributed by atoms with Gasteiger partial charge in [-0.2, -0.15) is 0 Å². The Morgan fingerprint density at radius 1 is 0.900 bits per heavy atom. The summed E-state index contributed by atoms with van der Waals surface area (Å²) in [4.78, 5) is 35.1. The van der Waals surface area contributed by atoms with Gasteiger partial charge < -0.3 is 24.8 Å². The maximum absolute atomic E-state index is 12.2. The van der Waals surface area contributed by atoms with E-state index < -0.39 is 18.0 Å². The average molecular weight is 414 g/mol. The van der Waals surface area contributed by atoms with Gasteiger partial charge in [-0.3, -0.25) is 14.4 Å². The Bertz CT molecular complexity index is 849. The number of carbonyl (C=O) groups is 3. The van der Waals surface area contributed by atoms with Crippen molar-refractivity contribution < 1.29 is 28.6 Å². The zero-order valence-corrected chi connectivity index (χ0v) is 17.3. The summed E-state index contributed by atoms with van der Waals surface area (Å²) in [5.41, 5.74) is 1.15. The van der Waals surface area contributed by atoms with Crippen molar-refractivity contribution >= 4 is 29.2 Å². The SMILES string of the molecule is COc1ccc(OCCCC(=O)O[C@H](C)C(=O)Nc2ccc(NC(C)=O)cc2)cc1. The fourth-order valence-electron chi connectivity index (χ4n) is 2.47. The van der Waals surface area contributed by atoms with Gasteiger partial charge in [-0.15, -0.1) is 0 Å². The van der Waals surface area contributed by atoms with Crippen molar-refractivity contribution in [2.24, 2.45) is 0 Å². The molecule has 2 amide bonds. The van der Waals surface area contributed by atoms with Gasteiger partial charge in [-0.05, 0) is 61.9 Å². The van der Waals surface area contributed by atoms with E-state index in [1.54, 1.807) is 55.6 Å². The van der Waals surface area contributed by atoms with E-state index in [-0.39, 0.29) is 12.3 Å². The van der Waals surface area contributed by atoms with Crippen molar-refractivity contribution in [1.29, 1.82) is 0 Å². The molecular weight excluding hydrogens is 388 g/mol. The summed E-state index contributed by atoms with van der Waals surface area (Å²) < 4.78 is 15.8. The molecule has 160 valence electrons. The Morgan fingerprint density at radius 2 is 1.47 bits per heavy atom. The highest BCUT2D eigenvalue weighted by Crippen LogP contribution is 2.17. The predicted molar refractivity (Wildman–Crippen MR) is 113 cm³/mol. The van der Waals surface area contributed by atoms with Crippen LogP contribution >= 0.6 is 0 Å². The number of hydrogen-bond donors (Lipinski definition) is 2. The molecule has 0 radical (unpaired) electrons. The van der Waals surface area contributed by atoms with E-state index in [9.17, 15) is 14.4 Å². The van der Waals surface area contributed by atoms with Gasteiger partial charge in [-0.25, -0.2) is 0 Å². The maximum Gasteiger partial charge on any atom is 0.306 e. The molecule has 0 aliphatic heterocycles. The van der Waals surface area contributed by atoms with Crippen LogP contribution in [0, 0.1) is 0 Å². The highest BCUT2D eigenvalue weighted by molar-refractivity contribution is 5.95. The standard InChI is InChI=1S/C22H26N2O6/c1-15(22(27)24-18-8-6-17(7-9-18)23-16(2)25)30-21(26)5-4-14-29-20-12-10-19(28-3)11-13-20/h6-13,15H,4-5,14H2,1-3H3,(H,23,25)(H,24,27)/t15-/m1/s1. The van der Waals surface area contributed by atoms with Crippen molar-refractivity contribution in [2.75, 3.05) is 24.4 Å². The first-order valence-electron chi connectivity index (χ1n) is 9.52. The highest BCUT2D eigenvalue weighted by Gasteiger charge is 2.17. The molecule has 30 heavy (non-hydrogen) atoms. The van der Waals surface area contributed by atoms with Crippen molar-refractivity contribution in [3.63, 3.8) is 0 Å². The van der Waals surface area contributed by atoms with E-state index in [0.717, 1.165) is 5.75 Å². The molecule has 0 saturated carbocycles. The summed E-state index contributed by atoms with van der Waals surface area (Å²) in [6, 6.07) is 13.8. The average Bonchev–Trinajstić information content (AvgIpc) is 2.72. The smallest absolute Gasteiger partial charge is 0.306 e. The van der Waals surface area contributed by atoms with Gasteiger partial charge in [0.1, 0.15) is 11.5 Å². The molecule has 0 aliphatic rings. The number of hydrogen-bond acceptors (Lipinski definition) is 6. The van der Waals surface area contributed by atoms with Crippen LogP contribution < -0.4 is 20.1 Å². The molecule has 2 aromatic rings. The molecule has 0 bridgehead atoms. The molecule has 1 atom stereocenters. The van der Waals surface area contributed by atoms with Crippen molar-refractivity contribution in [1.82, 2.24) is 0 Å². The van der Waals surface area contributed by atoms with Crippen LogP contribution in [0.3, 0.4) is 0 Å². The van der Waals surface area contributed by atoms with Crippen LogP contribution in [-0.2, 0) is 19.1 Å². The first-order valence-corrected chi connectivity index (χ1v) is 9.52. The number of rotatable bonds is 10. The second-order valence-electron chi connectivity index (χ2n) is 6.51. The molecule has 8 nitrogen and oxygen atoms in total. The number of methoxy groups -OCH3 is 1. The molecule has 0 unspecified atom stereocenters. The molecule has 8 heteroatoms. The topological polar surface area (TPSA) is 103 Å². The summed E-state index contributed by atoms with van der Waals surface area (Å²) in [7, 11) is 1.59. The third kappa shape index (κ3) is 7.83. The lowest BCUT2D eigenvalue weighted by Crippen LogP contribution is -2.30. The van der Waals surface area contributed by atoms with Gasteiger partial charge in [0.2, 0.25) is 5.91 Å². The Labute approximate surface area is 175 Å². The number of amides is 2. The quantitative estimate of drug-likeness (QED) is 0.456. The third-order valence-electron chi connectivity index (χ3n) is 4.00. The van der Waals surface area contributed by atoms with E-state index in [1.807, 2.05) is 0 Å². The van der Waals surface area contributed by atoms with Crippen molar-refractivity contribution in [3.8, 4) is 11.5 Å². The zero-order chi connectivity index (χ0) is 21.9. The van der Waals surface area contributed by atoms with Gasteiger partial charge >= 0.3 is 5.97 Å². The van der Waals surface area contributed by atoms with E-state index in [0.29, 0.717) is 30.2 Å². The molecule has 2 aromatic carbocycles. The Balaban J connectivity index is 1.68. The normalized spacial score (nSPS) is 11.2. The highest BCUT2D eigenvalue weighted by atomic mass is 16.5. The number of ether oxygens (including phenoxy) is 3. The number of carbonyl (C=O) groups excluding carboxylic acids is 3. The van der Waals surface area contributed by atoms with E-state index in [1.165, 1.54) is 13.8 Å². The fraction of sp³-hybridized carbons (Fsp3) is 0.318. The predicted octanol–water partition coefficient (Wildman–Crippen LogP) is 3.38. The lowest BCUT2D eigenvalue weighted by Gasteiger charge is -2.14. The summed E-state index contributed by atoms with van der Waals surface area (Å²) in [5, 5.41) is 5.30. The summed E-state index contributed by atoms with van der Waals surface area (Å²) in [5.74, 6) is 0.326. The fourth-order valence-corrected chi connectivity index (χ4v) is 2.47. The Hall–Kier alpha value is -3.55. The minimum atomic E-state index is -0.935.